The molecule has 124 valence electrons. The maximum atomic E-state index is 11.8. The van der Waals surface area contributed by atoms with E-state index in [0.717, 1.165) is 5.56 Å². The Morgan fingerprint density at radius 2 is 1.91 bits per heavy atom. The van der Waals surface area contributed by atoms with Gasteiger partial charge in [-0.15, -0.1) is 12.4 Å². The first kappa shape index (κ1) is 20.2. The van der Waals surface area contributed by atoms with Gasteiger partial charge in [0.1, 0.15) is 0 Å². The van der Waals surface area contributed by atoms with Gasteiger partial charge in [-0.2, -0.15) is 0 Å². The fraction of sp³-hybridized carbons (Fsp3) is 0.467. The molecule has 4 N–H and O–H groups in total. The highest BCUT2D eigenvalue weighted by molar-refractivity contribution is 5.89. The fourth-order valence-electron chi connectivity index (χ4n) is 1.60. The van der Waals surface area contributed by atoms with E-state index in [4.69, 9.17) is 5.73 Å². The van der Waals surface area contributed by atoms with Crippen LogP contribution in [0.2, 0.25) is 0 Å². The quantitative estimate of drug-likeness (QED) is 0.770. The summed E-state index contributed by atoms with van der Waals surface area (Å²) in [6.07, 6.45) is 0. The maximum Gasteiger partial charge on any atom is 0.321 e. The molecule has 0 aliphatic rings. The van der Waals surface area contributed by atoms with E-state index in [1.165, 1.54) is 4.90 Å². The minimum Gasteiger partial charge on any atom is -0.351 e. The molecule has 0 radical (unpaired) electrons. The van der Waals surface area contributed by atoms with Crippen LogP contribution < -0.4 is 16.4 Å². The average Bonchev–Trinajstić information content (AvgIpc) is 2.44. The molecular formula is C15H25ClN4O2. The van der Waals surface area contributed by atoms with Crippen molar-refractivity contribution in [3.63, 3.8) is 0 Å². The lowest BCUT2D eigenvalue weighted by molar-refractivity contribution is -0.123. The fourth-order valence-corrected chi connectivity index (χ4v) is 1.60. The number of hydrogen-bond acceptors (Lipinski definition) is 3. The number of carbonyl (C=O) groups excluding carboxylic acids is 2. The van der Waals surface area contributed by atoms with E-state index >= 15 is 0 Å². The van der Waals surface area contributed by atoms with Gasteiger partial charge >= 0.3 is 6.03 Å². The van der Waals surface area contributed by atoms with Crippen LogP contribution in [0.5, 0.6) is 0 Å². The lowest BCUT2D eigenvalue weighted by atomic mass is 10.0. The summed E-state index contributed by atoms with van der Waals surface area (Å²) in [5, 5.41) is 5.56. The lowest BCUT2D eigenvalue weighted by Gasteiger charge is -2.16. The molecule has 0 bridgehead atoms. The molecule has 0 saturated carbocycles. The third-order valence-corrected chi connectivity index (χ3v) is 3.07. The van der Waals surface area contributed by atoms with Crippen LogP contribution in [0, 0.1) is 5.92 Å². The number of halogens is 1. The Balaban J connectivity index is 0.00000441. The Morgan fingerprint density at radius 1 is 1.27 bits per heavy atom. The molecule has 1 aromatic carbocycles. The van der Waals surface area contributed by atoms with Gasteiger partial charge in [-0.25, -0.2) is 4.79 Å². The second-order valence-corrected chi connectivity index (χ2v) is 5.51. The highest BCUT2D eigenvalue weighted by atomic mass is 35.5. The van der Waals surface area contributed by atoms with Crippen LogP contribution in [-0.2, 0) is 11.3 Å². The predicted molar refractivity (Wildman–Crippen MR) is 91.1 cm³/mol. The molecule has 1 rings (SSSR count). The minimum absolute atomic E-state index is 0. The summed E-state index contributed by atoms with van der Waals surface area (Å²) in [5.74, 6) is -0.0801. The third kappa shape index (κ3) is 6.32. The molecule has 6 nitrogen and oxygen atoms in total. The average molecular weight is 329 g/mol. The molecule has 0 aromatic heterocycles. The van der Waals surface area contributed by atoms with Crippen LogP contribution in [0.25, 0.3) is 0 Å². The van der Waals surface area contributed by atoms with Gasteiger partial charge in [0.2, 0.25) is 5.91 Å². The number of rotatable bonds is 5. The SMILES string of the molecule is CC(C)[C@H](N)C(=O)NCc1cccc(NC(=O)N(C)C)c1.Cl. The number of nitrogens with two attached hydrogens (primary N) is 1. The highest BCUT2D eigenvalue weighted by Crippen LogP contribution is 2.11. The molecule has 22 heavy (non-hydrogen) atoms. The van der Waals surface area contributed by atoms with E-state index in [1.54, 1.807) is 20.2 Å². The Hall–Kier alpha value is -1.79. The van der Waals surface area contributed by atoms with Crippen molar-refractivity contribution in [2.45, 2.75) is 26.4 Å². The summed E-state index contributed by atoms with van der Waals surface area (Å²) in [6, 6.07) is 6.62. The Bertz CT molecular complexity index is 506. The zero-order valence-electron chi connectivity index (χ0n) is 13.4. The van der Waals surface area contributed by atoms with E-state index in [9.17, 15) is 9.59 Å². The van der Waals surface area contributed by atoms with E-state index in [0.29, 0.717) is 12.2 Å². The van der Waals surface area contributed by atoms with Crippen LogP contribution in [0.15, 0.2) is 24.3 Å². The summed E-state index contributed by atoms with van der Waals surface area (Å²) in [7, 11) is 3.35. The molecule has 0 heterocycles. The standard InChI is InChI=1S/C15H24N4O2.ClH/c1-10(2)13(16)14(20)17-9-11-6-5-7-12(8-11)18-15(21)19(3)4;/h5-8,10,13H,9,16H2,1-4H3,(H,17,20)(H,18,21);1H/t13-;/m0./s1. The van der Waals surface area contributed by atoms with Crippen LogP contribution in [0.4, 0.5) is 10.5 Å². The van der Waals surface area contributed by atoms with Crippen molar-refractivity contribution in [2.75, 3.05) is 19.4 Å². The predicted octanol–water partition coefficient (Wildman–Crippen LogP) is 1.80. The molecule has 0 aliphatic carbocycles. The van der Waals surface area contributed by atoms with Gasteiger partial charge in [0.25, 0.3) is 0 Å². The summed E-state index contributed by atoms with van der Waals surface area (Å²) in [6.45, 7) is 4.19. The zero-order chi connectivity index (χ0) is 16.0. The third-order valence-electron chi connectivity index (χ3n) is 3.07. The number of anilines is 1. The largest absolute Gasteiger partial charge is 0.351 e. The number of carbonyl (C=O) groups is 2. The van der Waals surface area contributed by atoms with Gasteiger partial charge in [-0.05, 0) is 23.6 Å². The number of hydrogen-bond donors (Lipinski definition) is 3. The zero-order valence-corrected chi connectivity index (χ0v) is 14.2. The smallest absolute Gasteiger partial charge is 0.321 e. The number of urea groups is 1. The van der Waals surface area contributed by atoms with Crippen LogP contribution in [0.3, 0.4) is 0 Å². The second-order valence-electron chi connectivity index (χ2n) is 5.51. The molecule has 0 fully saturated rings. The van der Waals surface area contributed by atoms with Gasteiger partial charge < -0.3 is 21.3 Å². The van der Waals surface area contributed by atoms with Crippen molar-refractivity contribution in [3.05, 3.63) is 29.8 Å². The normalized spacial score (nSPS) is 11.4. The minimum atomic E-state index is -0.512. The van der Waals surface area contributed by atoms with Crippen molar-refractivity contribution in [3.8, 4) is 0 Å². The monoisotopic (exact) mass is 328 g/mol. The summed E-state index contributed by atoms with van der Waals surface area (Å²) >= 11 is 0. The van der Waals surface area contributed by atoms with E-state index in [1.807, 2.05) is 32.0 Å². The Labute approximate surface area is 137 Å². The molecule has 0 aliphatic heterocycles. The number of benzene rings is 1. The molecule has 0 unspecified atom stereocenters. The first-order valence-corrected chi connectivity index (χ1v) is 6.91. The van der Waals surface area contributed by atoms with Gasteiger partial charge in [-0.1, -0.05) is 26.0 Å². The summed E-state index contributed by atoms with van der Waals surface area (Å²) in [5.41, 5.74) is 7.37. The van der Waals surface area contributed by atoms with Gasteiger partial charge in [0.15, 0.2) is 0 Å². The lowest BCUT2D eigenvalue weighted by Crippen LogP contribution is -2.43. The van der Waals surface area contributed by atoms with E-state index in [2.05, 4.69) is 10.6 Å². The van der Waals surface area contributed by atoms with Gasteiger partial charge in [-0.3, -0.25) is 4.79 Å². The Morgan fingerprint density at radius 3 is 2.45 bits per heavy atom. The van der Waals surface area contributed by atoms with Crippen LogP contribution >= 0.6 is 12.4 Å². The molecule has 3 amide bonds. The molecule has 7 heteroatoms. The van der Waals surface area contributed by atoms with Crippen LogP contribution in [0.1, 0.15) is 19.4 Å². The maximum absolute atomic E-state index is 11.8. The van der Waals surface area contributed by atoms with Gasteiger partial charge in [0, 0.05) is 26.3 Å². The second kappa shape index (κ2) is 9.27. The first-order chi connectivity index (χ1) is 9.81. The van der Waals surface area contributed by atoms with Crippen molar-refractivity contribution in [1.82, 2.24) is 10.2 Å². The number of amides is 3. The number of nitrogens with zero attached hydrogens (tertiary/aromatic N) is 1. The summed E-state index contributed by atoms with van der Waals surface area (Å²) < 4.78 is 0. The molecule has 1 aromatic rings. The summed E-state index contributed by atoms with van der Waals surface area (Å²) in [4.78, 5) is 24.8. The topological polar surface area (TPSA) is 87.5 Å². The van der Waals surface area contributed by atoms with Crippen molar-refractivity contribution < 1.29 is 9.59 Å². The molecule has 0 spiro atoms. The van der Waals surface area contributed by atoms with Crippen molar-refractivity contribution >= 4 is 30.0 Å². The van der Waals surface area contributed by atoms with Crippen molar-refractivity contribution in [2.24, 2.45) is 11.7 Å². The Kier molecular flexibility index (Phi) is 8.52. The molecule has 0 saturated heterocycles. The number of nitrogens with one attached hydrogen (secondary N) is 2. The first-order valence-electron chi connectivity index (χ1n) is 6.91. The molecule has 1 atom stereocenters. The molecular weight excluding hydrogens is 304 g/mol. The van der Waals surface area contributed by atoms with Crippen molar-refractivity contribution in [1.29, 1.82) is 0 Å². The highest BCUT2D eigenvalue weighted by Gasteiger charge is 2.16. The van der Waals surface area contributed by atoms with E-state index in [-0.39, 0.29) is 30.3 Å². The van der Waals surface area contributed by atoms with Gasteiger partial charge in [0.05, 0.1) is 6.04 Å². The van der Waals surface area contributed by atoms with Crippen LogP contribution in [-0.4, -0.2) is 37.0 Å². The van der Waals surface area contributed by atoms with E-state index < -0.39 is 6.04 Å².